The number of rotatable bonds is 11. The molecule has 4 N–H and O–H groups in total. The topological polar surface area (TPSA) is 146 Å². The van der Waals surface area contributed by atoms with E-state index in [4.69, 9.17) is 4.74 Å². The number of amides is 3. The molecule has 3 aliphatic rings. The minimum atomic E-state index is -1.35. The Balaban J connectivity index is 1.05. The highest BCUT2D eigenvalue weighted by atomic mass is 32.1. The fraction of sp³-hybridized carbons (Fsp3) is 0.600. The molecule has 2 aromatic rings. The molecule has 0 aromatic heterocycles. The fourth-order valence-electron chi connectivity index (χ4n) is 7.24. The number of carbonyl (C=O) groups is 3. The molecule has 0 saturated carbocycles. The fourth-order valence-corrected chi connectivity index (χ4v) is 7.67. The van der Waals surface area contributed by atoms with Crippen molar-refractivity contribution in [1.29, 1.82) is 0 Å². The molecule has 2 aromatic carbocycles. The zero-order valence-corrected chi connectivity index (χ0v) is 32.6. The minimum Gasteiger partial charge on any atom is -0.387 e. The second kappa shape index (κ2) is 18.3. The van der Waals surface area contributed by atoms with Crippen molar-refractivity contribution in [1.82, 2.24) is 24.9 Å². The lowest BCUT2D eigenvalue weighted by molar-refractivity contribution is -0.209. The number of nitrogens with one attached hydrogen (secondary N) is 1. The van der Waals surface area contributed by atoms with E-state index >= 15 is 0 Å². The molecule has 0 aliphatic carbocycles. The molecular formula is C40H57N5O7S. The van der Waals surface area contributed by atoms with Gasteiger partial charge in [-0.05, 0) is 74.9 Å². The molecule has 12 nitrogen and oxygen atoms in total. The van der Waals surface area contributed by atoms with Gasteiger partial charge in [0.15, 0.2) is 0 Å². The van der Waals surface area contributed by atoms with Crippen LogP contribution in [0, 0.1) is 12.1 Å². The first-order valence-electron chi connectivity index (χ1n) is 18.7. The first-order chi connectivity index (χ1) is 25.2. The number of aliphatic hydroxyl groups is 3. The minimum absolute atomic E-state index is 0.108. The number of hydrogen-bond acceptors (Lipinski definition) is 9. The van der Waals surface area contributed by atoms with Gasteiger partial charge in [-0.2, -0.15) is 0 Å². The number of aryl methyl sites for hydroxylation is 2. The molecule has 5 atom stereocenters. The number of nitrogens with zero attached hydrogens (tertiary/aromatic N) is 4. The standard InChI is InChI=1S/C40H57N5O7S/c1-27-9-14-30(38-37(50)36(49)35(48)32(52-38)26-53-5)24-31(27)23-29-12-10-28(11-13-29)7-6-8-33(46)41-40(2,3)39(51)45-21-17-43(18-22-45)25-34(47)44-19-15-42(4)16-20-44/h9-14,24,32,35-38,48-50H,6-8,15-23,25H2,1-5H3,(H,41,46)/t32?,35-,36+,37-,38+/m1/s1. The number of benzene rings is 2. The Labute approximate surface area is 317 Å². The quantitative estimate of drug-likeness (QED) is 0.269. The lowest BCUT2D eigenvalue weighted by Gasteiger charge is -2.39. The third-order valence-corrected chi connectivity index (χ3v) is 11.2. The predicted molar refractivity (Wildman–Crippen MR) is 206 cm³/mol. The van der Waals surface area contributed by atoms with Crippen LogP contribution in [0.3, 0.4) is 0 Å². The van der Waals surface area contributed by atoms with Gasteiger partial charge in [0.1, 0.15) is 36.1 Å². The van der Waals surface area contributed by atoms with Gasteiger partial charge in [0.25, 0.3) is 0 Å². The summed E-state index contributed by atoms with van der Waals surface area (Å²) in [5.74, 6) is -0.117. The predicted octanol–water partition coefficient (Wildman–Crippen LogP) is 1.57. The average molecular weight is 752 g/mol. The zero-order chi connectivity index (χ0) is 38.3. The number of aliphatic hydroxyl groups excluding tert-OH is 3. The Hall–Kier alpha value is -3.39. The molecule has 53 heavy (non-hydrogen) atoms. The summed E-state index contributed by atoms with van der Waals surface area (Å²) in [6, 6.07) is 14.1. The molecule has 3 aliphatic heterocycles. The number of carbonyl (C=O) groups excluding carboxylic acids is 3. The first-order valence-corrected chi connectivity index (χ1v) is 19.9. The highest BCUT2D eigenvalue weighted by Gasteiger charge is 2.44. The maximum absolute atomic E-state index is 13.4. The molecular weight excluding hydrogens is 695 g/mol. The molecule has 0 radical (unpaired) electrons. The van der Waals surface area contributed by atoms with E-state index in [1.54, 1.807) is 25.0 Å². The highest BCUT2D eigenvalue weighted by molar-refractivity contribution is 7.87. The van der Waals surface area contributed by atoms with Crippen molar-refractivity contribution in [2.45, 2.75) is 82.5 Å². The van der Waals surface area contributed by atoms with Crippen LogP contribution >= 0.6 is 11.2 Å². The first kappa shape index (κ1) is 40.8. The van der Waals surface area contributed by atoms with Crippen LogP contribution in [0.25, 0.3) is 0 Å². The summed E-state index contributed by atoms with van der Waals surface area (Å²) in [6.45, 7) is 11.5. The van der Waals surface area contributed by atoms with E-state index in [1.165, 1.54) is 11.2 Å². The maximum Gasteiger partial charge on any atom is 0.247 e. The van der Waals surface area contributed by atoms with Crippen molar-refractivity contribution >= 4 is 28.9 Å². The Bertz CT molecular complexity index is 1640. The molecule has 5 rings (SSSR count). The summed E-state index contributed by atoms with van der Waals surface area (Å²) in [6.07, 6.45) is -1.36. The van der Waals surface area contributed by atoms with Crippen molar-refractivity contribution in [2.75, 3.05) is 72.2 Å². The second-order valence-electron chi connectivity index (χ2n) is 15.2. The zero-order valence-electron chi connectivity index (χ0n) is 31.8. The van der Waals surface area contributed by atoms with Crippen LogP contribution < -0.4 is 5.32 Å². The van der Waals surface area contributed by atoms with E-state index in [9.17, 15) is 29.7 Å². The van der Waals surface area contributed by atoms with Gasteiger partial charge in [0.05, 0.1) is 6.54 Å². The summed E-state index contributed by atoms with van der Waals surface area (Å²) in [5.41, 5.74) is 4.08. The van der Waals surface area contributed by atoms with Crippen LogP contribution in [0.2, 0.25) is 0 Å². The van der Waals surface area contributed by atoms with Crippen LogP contribution in [0.4, 0.5) is 0 Å². The number of hydrogen-bond donors (Lipinski definition) is 4. The average Bonchev–Trinajstić information content (AvgIpc) is 3.13. The summed E-state index contributed by atoms with van der Waals surface area (Å²) in [7, 11) is 2.07. The highest BCUT2D eigenvalue weighted by Crippen LogP contribution is 2.34. The van der Waals surface area contributed by atoms with Crippen molar-refractivity contribution in [3.8, 4) is 5.18 Å². The van der Waals surface area contributed by atoms with E-state index in [2.05, 4.69) is 51.6 Å². The molecule has 3 amide bonds. The maximum atomic E-state index is 13.4. The van der Waals surface area contributed by atoms with E-state index < -0.39 is 36.1 Å². The summed E-state index contributed by atoms with van der Waals surface area (Å²) in [5, 5.41) is 37.4. The van der Waals surface area contributed by atoms with E-state index in [-0.39, 0.29) is 17.7 Å². The molecule has 3 saturated heterocycles. The SMILES string of the molecule is CS#CC1O[C@@H](c2ccc(C)c(Cc3ccc(CCCC(=O)NC(C)(C)C(=O)N4CCN(CC(=O)N5CCN(C)CC5)CC4)cc3)c2)[C@H](O)[C@@H](O)[C@@H]1O. The van der Waals surface area contributed by atoms with Crippen LogP contribution in [-0.4, -0.2) is 155 Å². The smallest absolute Gasteiger partial charge is 0.247 e. The normalized spacial score (nSPS) is 24.4. The van der Waals surface area contributed by atoms with Gasteiger partial charge in [-0.15, -0.1) is 11.2 Å². The molecule has 290 valence electrons. The van der Waals surface area contributed by atoms with Crippen molar-refractivity contribution in [3.05, 3.63) is 70.3 Å². The van der Waals surface area contributed by atoms with Gasteiger partial charge >= 0.3 is 0 Å². The molecule has 0 spiro atoms. The lowest BCUT2D eigenvalue weighted by atomic mass is 9.89. The largest absolute Gasteiger partial charge is 0.387 e. The Morgan fingerprint density at radius 3 is 2.19 bits per heavy atom. The summed E-state index contributed by atoms with van der Waals surface area (Å²) in [4.78, 5) is 47.1. The van der Waals surface area contributed by atoms with Crippen molar-refractivity contribution < 1.29 is 34.4 Å². The van der Waals surface area contributed by atoms with E-state index in [1.807, 2.05) is 30.0 Å². The monoisotopic (exact) mass is 751 g/mol. The second-order valence-corrected chi connectivity index (χ2v) is 15.9. The molecule has 13 heteroatoms. The van der Waals surface area contributed by atoms with Crippen molar-refractivity contribution in [3.63, 3.8) is 0 Å². The van der Waals surface area contributed by atoms with Gasteiger partial charge in [0, 0.05) is 65.0 Å². The lowest BCUT2D eigenvalue weighted by Crippen LogP contribution is -2.60. The molecule has 0 bridgehead atoms. The van der Waals surface area contributed by atoms with Crippen LogP contribution in [0.5, 0.6) is 0 Å². The third kappa shape index (κ3) is 10.6. The van der Waals surface area contributed by atoms with Crippen LogP contribution in [0.15, 0.2) is 42.5 Å². The van der Waals surface area contributed by atoms with Gasteiger partial charge < -0.3 is 40.1 Å². The molecule has 3 heterocycles. The van der Waals surface area contributed by atoms with E-state index in [0.717, 1.165) is 60.4 Å². The summed E-state index contributed by atoms with van der Waals surface area (Å²) < 4.78 is 5.97. The van der Waals surface area contributed by atoms with Gasteiger partial charge in [0.2, 0.25) is 17.7 Å². The molecule has 1 unspecified atom stereocenters. The number of ether oxygens (including phenoxy) is 1. The van der Waals surface area contributed by atoms with Crippen LogP contribution in [0.1, 0.15) is 60.6 Å². The van der Waals surface area contributed by atoms with E-state index in [0.29, 0.717) is 52.0 Å². The van der Waals surface area contributed by atoms with Crippen molar-refractivity contribution in [2.24, 2.45) is 0 Å². The summed E-state index contributed by atoms with van der Waals surface area (Å²) >= 11 is 1.27. The third-order valence-electron chi connectivity index (χ3n) is 10.7. The number of likely N-dealkylation sites (N-methyl/N-ethyl adjacent to an activating group) is 1. The molecule has 3 fully saturated rings. The Morgan fingerprint density at radius 2 is 1.53 bits per heavy atom. The Morgan fingerprint density at radius 1 is 0.887 bits per heavy atom. The Kier molecular flexibility index (Phi) is 14.1. The van der Waals surface area contributed by atoms with Crippen LogP contribution in [-0.2, 0) is 32.0 Å². The van der Waals surface area contributed by atoms with Gasteiger partial charge in [-0.3, -0.25) is 19.3 Å². The number of piperazine rings is 2. The van der Waals surface area contributed by atoms with Gasteiger partial charge in [-0.25, -0.2) is 0 Å². The van der Waals surface area contributed by atoms with Gasteiger partial charge in [-0.1, -0.05) is 47.6 Å².